The molecule has 0 spiro atoms. The molecule has 0 aliphatic rings. The van der Waals surface area contributed by atoms with E-state index >= 15 is 0 Å². The summed E-state index contributed by atoms with van der Waals surface area (Å²) in [5.41, 5.74) is 0. The molecule has 60 valence electrons. The number of hydrogen-bond donors (Lipinski definition) is 0. The zero-order valence-electron chi connectivity index (χ0n) is 3.88. The minimum Gasteiger partial charge on any atom is -0.412 e. The molecule has 0 aromatic heterocycles. The van der Waals surface area contributed by atoms with Crippen molar-refractivity contribution in [2.75, 3.05) is 0 Å². The van der Waals surface area contributed by atoms with Gasteiger partial charge in [0.2, 0.25) is 0 Å². The van der Waals surface area contributed by atoms with E-state index in [1.54, 1.807) is 0 Å². The van der Waals surface area contributed by atoms with Gasteiger partial charge in [0.05, 0.1) is 0 Å². The lowest BCUT2D eigenvalue weighted by molar-refractivity contribution is -0.112. The van der Waals surface area contributed by atoms with Gasteiger partial charge in [-0.3, -0.25) is 0 Å². The number of rotatable bonds is 0. The van der Waals surface area contributed by atoms with Crippen molar-refractivity contribution in [1.29, 1.82) is 0 Å². The molecule has 1 atom stereocenters. The molecular weight excluding hydrogens is 248 g/mol. The lowest BCUT2D eigenvalue weighted by Crippen LogP contribution is -2.16. The molecule has 9 heavy (non-hydrogen) atoms. The average molecular weight is 252 g/mol. The molecule has 0 fully saturated rings. The number of alkyl halides is 5. The normalized spacial score (nSPS) is 13.0. The van der Waals surface area contributed by atoms with Crippen LogP contribution in [0, 0.1) is 0 Å². The second kappa shape index (κ2) is 5.58. The van der Waals surface area contributed by atoms with E-state index in [1.165, 1.54) is 0 Å². The third-order valence-corrected chi connectivity index (χ3v) is 1.01. The quantitative estimate of drug-likeness (QED) is 0.591. The monoisotopic (exact) mass is 250 g/mol. The standard InChI is InChI=1S/C2HBrClF3.ClH.H2O/c3-1(4)2(5,6)7;;/h1H;1H;1H2. The van der Waals surface area contributed by atoms with E-state index in [2.05, 4.69) is 27.5 Å². The Morgan fingerprint density at radius 3 is 1.44 bits per heavy atom. The van der Waals surface area contributed by atoms with Gasteiger partial charge in [0, 0.05) is 0 Å². The highest BCUT2D eigenvalue weighted by molar-refractivity contribution is 9.10. The first-order valence-corrected chi connectivity index (χ1v) is 2.64. The van der Waals surface area contributed by atoms with E-state index in [-0.39, 0.29) is 17.9 Å². The summed E-state index contributed by atoms with van der Waals surface area (Å²) in [5, 5.41) is 0. The molecule has 0 aromatic carbocycles. The van der Waals surface area contributed by atoms with Gasteiger partial charge in [0.1, 0.15) is 0 Å². The Morgan fingerprint density at radius 2 is 1.44 bits per heavy atom. The van der Waals surface area contributed by atoms with Crippen LogP contribution in [0.4, 0.5) is 13.2 Å². The van der Waals surface area contributed by atoms with Gasteiger partial charge in [-0.2, -0.15) is 13.2 Å². The van der Waals surface area contributed by atoms with E-state index in [9.17, 15) is 13.2 Å². The highest BCUT2D eigenvalue weighted by atomic mass is 79.9. The molecule has 0 rings (SSSR count). The summed E-state index contributed by atoms with van der Waals surface area (Å²) >= 11 is 6.68. The molecule has 1 unspecified atom stereocenters. The van der Waals surface area contributed by atoms with Crippen molar-refractivity contribution in [3.8, 4) is 0 Å². The van der Waals surface area contributed by atoms with Crippen LogP contribution in [0.25, 0.3) is 0 Å². The molecule has 0 heterocycles. The van der Waals surface area contributed by atoms with E-state index in [1.807, 2.05) is 0 Å². The first kappa shape index (κ1) is 16.4. The van der Waals surface area contributed by atoms with Gasteiger partial charge >= 0.3 is 6.18 Å². The Bertz CT molecular complexity index is 65.3. The maximum atomic E-state index is 11.0. The third-order valence-electron chi connectivity index (χ3n) is 0.247. The van der Waals surface area contributed by atoms with Crippen LogP contribution >= 0.6 is 39.9 Å². The predicted octanol–water partition coefficient (Wildman–Crippen LogP) is 2.11. The minimum absolute atomic E-state index is 0. The Kier molecular flexibility index (Phi) is 10.2. The fourth-order valence-corrected chi connectivity index (χ4v) is 0. The Hall–Kier alpha value is 0.810. The molecular formula is C2H4BrCl2F3O. The lowest BCUT2D eigenvalue weighted by Gasteiger charge is -2.03. The fraction of sp³-hybridized carbons (Fsp3) is 1.00. The minimum atomic E-state index is -4.32. The highest BCUT2D eigenvalue weighted by Crippen LogP contribution is 2.28. The van der Waals surface area contributed by atoms with Gasteiger partial charge in [-0.25, -0.2) is 0 Å². The highest BCUT2D eigenvalue weighted by Gasteiger charge is 2.35. The molecule has 0 bridgehead atoms. The Balaban J connectivity index is -0.000000180. The first-order chi connectivity index (χ1) is 2.94. The van der Waals surface area contributed by atoms with Crippen LogP contribution in [0.15, 0.2) is 0 Å². The SMILES string of the molecule is Cl.FC(F)(F)C(Cl)Br.O. The number of hydrogen-bond acceptors (Lipinski definition) is 0. The van der Waals surface area contributed by atoms with Crippen molar-refractivity contribution >= 4 is 39.9 Å². The van der Waals surface area contributed by atoms with Gasteiger partial charge in [0.25, 0.3) is 0 Å². The summed E-state index contributed by atoms with van der Waals surface area (Å²) in [7, 11) is 0. The maximum Gasteiger partial charge on any atom is 0.414 e. The summed E-state index contributed by atoms with van der Waals surface area (Å²) in [6.45, 7) is 0. The molecule has 2 N–H and O–H groups in total. The van der Waals surface area contributed by atoms with Crippen LogP contribution in [0.3, 0.4) is 0 Å². The second-order valence-electron chi connectivity index (χ2n) is 0.842. The summed E-state index contributed by atoms with van der Waals surface area (Å²) in [6, 6.07) is 0. The molecule has 0 radical (unpaired) electrons. The van der Waals surface area contributed by atoms with Crippen molar-refractivity contribution in [3.05, 3.63) is 0 Å². The van der Waals surface area contributed by atoms with Crippen LogP contribution in [0.1, 0.15) is 0 Å². The van der Waals surface area contributed by atoms with Crippen LogP contribution in [-0.2, 0) is 0 Å². The van der Waals surface area contributed by atoms with Crippen molar-refractivity contribution in [3.63, 3.8) is 0 Å². The van der Waals surface area contributed by atoms with Crippen LogP contribution in [0.5, 0.6) is 0 Å². The number of halogens is 6. The van der Waals surface area contributed by atoms with Crippen LogP contribution in [-0.4, -0.2) is 15.9 Å². The van der Waals surface area contributed by atoms with E-state index in [0.717, 1.165) is 0 Å². The molecule has 1 nitrogen and oxygen atoms in total. The summed E-state index contributed by atoms with van der Waals surface area (Å²) in [4.78, 5) is 0. The molecule has 0 amide bonds. The van der Waals surface area contributed by atoms with Crippen molar-refractivity contribution in [2.24, 2.45) is 0 Å². The third kappa shape index (κ3) is 8.81. The average Bonchev–Trinajstić information content (AvgIpc) is 1.31. The molecule has 0 aliphatic carbocycles. The summed E-state index contributed by atoms with van der Waals surface area (Å²) in [6.07, 6.45) is -4.32. The van der Waals surface area contributed by atoms with E-state index in [4.69, 9.17) is 0 Å². The second-order valence-corrected chi connectivity index (χ2v) is 2.72. The largest absolute Gasteiger partial charge is 0.414 e. The van der Waals surface area contributed by atoms with Crippen molar-refractivity contribution in [2.45, 2.75) is 10.5 Å². The van der Waals surface area contributed by atoms with Gasteiger partial charge < -0.3 is 5.48 Å². The predicted molar refractivity (Wildman–Crippen MR) is 35.5 cm³/mol. The molecule has 0 saturated heterocycles. The molecule has 0 aromatic rings. The van der Waals surface area contributed by atoms with Gasteiger partial charge in [-0.1, -0.05) is 15.9 Å². The fourth-order valence-electron chi connectivity index (χ4n) is 0. The zero-order valence-corrected chi connectivity index (χ0v) is 7.03. The van der Waals surface area contributed by atoms with Crippen molar-refractivity contribution < 1.29 is 18.6 Å². The van der Waals surface area contributed by atoms with E-state index < -0.39 is 10.5 Å². The van der Waals surface area contributed by atoms with Gasteiger partial charge in [-0.15, -0.1) is 24.0 Å². The first-order valence-electron chi connectivity index (χ1n) is 1.29. The topological polar surface area (TPSA) is 31.5 Å². The summed E-state index contributed by atoms with van der Waals surface area (Å²) < 4.78 is 31.1. The van der Waals surface area contributed by atoms with E-state index in [0.29, 0.717) is 0 Å². The zero-order chi connectivity index (χ0) is 6.08. The molecule has 0 aliphatic heterocycles. The maximum absolute atomic E-state index is 11.0. The van der Waals surface area contributed by atoms with Gasteiger partial charge in [0.15, 0.2) is 4.29 Å². The smallest absolute Gasteiger partial charge is 0.412 e. The van der Waals surface area contributed by atoms with Crippen LogP contribution in [0.2, 0.25) is 0 Å². The Labute approximate surface area is 69.4 Å². The van der Waals surface area contributed by atoms with Gasteiger partial charge in [-0.05, 0) is 0 Å². The molecule has 7 heteroatoms. The summed E-state index contributed by atoms with van der Waals surface area (Å²) in [5.74, 6) is 0. The van der Waals surface area contributed by atoms with Crippen LogP contribution < -0.4 is 0 Å². The molecule has 0 saturated carbocycles. The van der Waals surface area contributed by atoms with Crippen molar-refractivity contribution in [1.82, 2.24) is 0 Å². The Morgan fingerprint density at radius 1 is 1.33 bits per heavy atom. The lowest BCUT2D eigenvalue weighted by atomic mass is 10.8.